The quantitative estimate of drug-likeness (QED) is 0.919. The van der Waals surface area contributed by atoms with Crippen molar-refractivity contribution in [3.8, 4) is 0 Å². The van der Waals surface area contributed by atoms with Crippen LogP contribution < -0.4 is 5.32 Å². The van der Waals surface area contributed by atoms with E-state index >= 15 is 0 Å². The maximum atomic E-state index is 11.9. The maximum Gasteiger partial charge on any atom is 0.220 e. The molecule has 4 heteroatoms. The lowest BCUT2D eigenvalue weighted by Gasteiger charge is -2.20. The van der Waals surface area contributed by atoms with Gasteiger partial charge in [0.25, 0.3) is 0 Å². The van der Waals surface area contributed by atoms with Gasteiger partial charge in [-0.2, -0.15) is 0 Å². The SMILES string of the molecule is CC(C)CC(=O)NC1CCOC1c1ccc(Cl)cc1. The van der Waals surface area contributed by atoms with E-state index in [1.807, 2.05) is 38.1 Å². The molecule has 0 bridgehead atoms. The van der Waals surface area contributed by atoms with Crippen LogP contribution in [-0.4, -0.2) is 18.6 Å². The zero-order chi connectivity index (χ0) is 13.8. The molecule has 1 aromatic rings. The van der Waals surface area contributed by atoms with Gasteiger partial charge in [0.15, 0.2) is 0 Å². The van der Waals surface area contributed by atoms with Crippen LogP contribution in [0.1, 0.15) is 38.4 Å². The molecule has 0 aromatic heterocycles. The third-order valence-electron chi connectivity index (χ3n) is 3.23. The van der Waals surface area contributed by atoms with Crippen LogP contribution >= 0.6 is 11.6 Å². The van der Waals surface area contributed by atoms with Crippen molar-refractivity contribution in [3.05, 3.63) is 34.9 Å². The molecule has 1 fully saturated rings. The summed E-state index contributed by atoms with van der Waals surface area (Å²) >= 11 is 5.89. The van der Waals surface area contributed by atoms with Crippen molar-refractivity contribution in [2.24, 2.45) is 5.92 Å². The van der Waals surface area contributed by atoms with Gasteiger partial charge in [-0.25, -0.2) is 0 Å². The summed E-state index contributed by atoms with van der Waals surface area (Å²) in [4.78, 5) is 11.9. The van der Waals surface area contributed by atoms with Crippen molar-refractivity contribution in [2.45, 2.75) is 38.8 Å². The van der Waals surface area contributed by atoms with Crippen molar-refractivity contribution >= 4 is 17.5 Å². The number of hydrogen-bond donors (Lipinski definition) is 1. The number of halogens is 1. The Morgan fingerprint density at radius 2 is 2.11 bits per heavy atom. The Morgan fingerprint density at radius 1 is 1.42 bits per heavy atom. The Kier molecular flexibility index (Phi) is 4.83. The lowest BCUT2D eigenvalue weighted by atomic mass is 10.0. The highest BCUT2D eigenvalue weighted by molar-refractivity contribution is 6.30. The first kappa shape index (κ1) is 14.4. The minimum Gasteiger partial charge on any atom is -0.371 e. The van der Waals surface area contributed by atoms with Crippen molar-refractivity contribution in [2.75, 3.05) is 6.61 Å². The van der Waals surface area contributed by atoms with E-state index < -0.39 is 0 Å². The predicted octanol–water partition coefficient (Wildman–Crippen LogP) is 3.33. The molecule has 2 unspecified atom stereocenters. The molecule has 2 rings (SSSR count). The minimum absolute atomic E-state index is 0.0617. The molecule has 1 heterocycles. The highest BCUT2D eigenvalue weighted by Crippen LogP contribution is 2.30. The summed E-state index contributed by atoms with van der Waals surface area (Å²) in [6.45, 7) is 4.77. The lowest BCUT2D eigenvalue weighted by molar-refractivity contribution is -0.122. The Bertz CT molecular complexity index is 430. The fourth-order valence-corrected chi connectivity index (χ4v) is 2.48. The van der Waals surface area contributed by atoms with E-state index in [1.54, 1.807) is 0 Å². The highest BCUT2D eigenvalue weighted by atomic mass is 35.5. The molecule has 0 radical (unpaired) electrons. The van der Waals surface area contributed by atoms with Gasteiger partial charge in [0.2, 0.25) is 5.91 Å². The molecule has 0 spiro atoms. The van der Waals surface area contributed by atoms with Crippen LogP contribution in [-0.2, 0) is 9.53 Å². The van der Waals surface area contributed by atoms with Crippen LogP contribution in [0.2, 0.25) is 5.02 Å². The second kappa shape index (κ2) is 6.40. The van der Waals surface area contributed by atoms with E-state index in [0.29, 0.717) is 24.0 Å². The summed E-state index contributed by atoms with van der Waals surface area (Å²) < 4.78 is 5.74. The predicted molar refractivity (Wildman–Crippen MR) is 76.1 cm³/mol. The fraction of sp³-hybridized carbons (Fsp3) is 0.533. The molecule has 2 atom stereocenters. The van der Waals surface area contributed by atoms with Gasteiger partial charge in [0.1, 0.15) is 6.10 Å². The van der Waals surface area contributed by atoms with Crippen LogP contribution in [0.3, 0.4) is 0 Å². The third-order valence-corrected chi connectivity index (χ3v) is 3.48. The van der Waals surface area contributed by atoms with Crippen molar-refractivity contribution in [1.82, 2.24) is 5.32 Å². The average Bonchev–Trinajstić information content (AvgIpc) is 2.77. The summed E-state index contributed by atoms with van der Waals surface area (Å²) in [5.41, 5.74) is 1.07. The Labute approximate surface area is 119 Å². The zero-order valence-corrected chi connectivity index (χ0v) is 12.1. The van der Waals surface area contributed by atoms with Gasteiger partial charge in [-0.15, -0.1) is 0 Å². The van der Waals surface area contributed by atoms with Gasteiger partial charge < -0.3 is 10.1 Å². The number of hydrogen-bond acceptors (Lipinski definition) is 2. The number of benzene rings is 1. The van der Waals surface area contributed by atoms with Crippen LogP contribution in [0, 0.1) is 5.92 Å². The van der Waals surface area contributed by atoms with E-state index in [9.17, 15) is 4.79 Å². The molecule has 1 N–H and O–H groups in total. The molecule has 1 saturated heterocycles. The average molecular weight is 282 g/mol. The number of rotatable bonds is 4. The molecular formula is C15H20ClNO2. The van der Waals surface area contributed by atoms with Crippen molar-refractivity contribution < 1.29 is 9.53 Å². The van der Waals surface area contributed by atoms with Gasteiger partial charge in [-0.3, -0.25) is 4.79 Å². The van der Waals surface area contributed by atoms with Gasteiger partial charge in [0, 0.05) is 18.1 Å². The molecule has 104 valence electrons. The second-order valence-corrected chi connectivity index (χ2v) is 5.84. The van der Waals surface area contributed by atoms with Gasteiger partial charge >= 0.3 is 0 Å². The van der Waals surface area contributed by atoms with Crippen LogP contribution in [0.25, 0.3) is 0 Å². The number of carbonyl (C=O) groups excluding carboxylic acids is 1. The first-order valence-corrected chi connectivity index (χ1v) is 7.10. The van der Waals surface area contributed by atoms with Crippen LogP contribution in [0.15, 0.2) is 24.3 Å². The summed E-state index contributed by atoms with van der Waals surface area (Å²) in [7, 11) is 0. The smallest absolute Gasteiger partial charge is 0.220 e. The number of amides is 1. The lowest BCUT2D eigenvalue weighted by Crippen LogP contribution is -2.37. The minimum atomic E-state index is -0.0617. The summed E-state index contributed by atoms with van der Waals surface area (Å²) in [6, 6.07) is 7.68. The summed E-state index contributed by atoms with van der Waals surface area (Å²) in [5.74, 6) is 0.473. The summed E-state index contributed by atoms with van der Waals surface area (Å²) in [6.07, 6.45) is 1.36. The van der Waals surface area contributed by atoms with E-state index in [2.05, 4.69) is 5.32 Å². The first-order valence-electron chi connectivity index (χ1n) is 6.72. The molecule has 1 aromatic carbocycles. The zero-order valence-electron chi connectivity index (χ0n) is 11.4. The Hall–Kier alpha value is -1.06. The van der Waals surface area contributed by atoms with Crippen LogP contribution in [0.5, 0.6) is 0 Å². The van der Waals surface area contributed by atoms with Crippen molar-refractivity contribution in [3.63, 3.8) is 0 Å². The monoisotopic (exact) mass is 281 g/mol. The molecule has 1 aliphatic rings. The summed E-state index contributed by atoms with van der Waals surface area (Å²) in [5, 5.41) is 3.79. The molecule has 3 nitrogen and oxygen atoms in total. The molecule has 19 heavy (non-hydrogen) atoms. The van der Waals surface area contributed by atoms with Crippen LogP contribution in [0.4, 0.5) is 0 Å². The first-order chi connectivity index (χ1) is 9.06. The second-order valence-electron chi connectivity index (χ2n) is 5.40. The van der Waals surface area contributed by atoms with E-state index in [1.165, 1.54) is 0 Å². The molecule has 0 aliphatic carbocycles. The van der Waals surface area contributed by atoms with Crippen molar-refractivity contribution in [1.29, 1.82) is 0 Å². The molecular weight excluding hydrogens is 262 g/mol. The third kappa shape index (κ3) is 3.95. The number of carbonyl (C=O) groups is 1. The largest absolute Gasteiger partial charge is 0.371 e. The van der Waals surface area contributed by atoms with Gasteiger partial charge in [-0.1, -0.05) is 37.6 Å². The topological polar surface area (TPSA) is 38.3 Å². The Balaban J connectivity index is 2.00. The highest BCUT2D eigenvalue weighted by Gasteiger charge is 2.30. The van der Waals surface area contributed by atoms with Gasteiger partial charge in [0.05, 0.1) is 6.04 Å². The van der Waals surface area contributed by atoms with Gasteiger partial charge in [-0.05, 0) is 30.0 Å². The number of nitrogens with one attached hydrogen (secondary N) is 1. The molecule has 0 saturated carbocycles. The molecule has 1 aliphatic heterocycles. The normalized spacial score (nSPS) is 22.7. The number of ether oxygens (including phenoxy) is 1. The van der Waals surface area contributed by atoms with E-state index in [-0.39, 0.29) is 18.1 Å². The fourth-order valence-electron chi connectivity index (χ4n) is 2.35. The van der Waals surface area contributed by atoms with E-state index in [4.69, 9.17) is 16.3 Å². The van der Waals surface area contributed by atoms with E-state index in [0.717, 1.165) is 12.0 Å². The maximum absolute atomic E-state index is 11.9. The molecule has 1 amide bonds. The standard InChI is InChI=1S/C15H20ClNO2/c1-10(2)9-14(18)17-13-7-8-19-15(13)11-3-5-12(16)6-4-11/h3-6,10,13,15H,7-9H2,1-2H3,(H,17,18). The Morgan fingerprint density at radius 3 is 2.74 bits per heavy atom.